The van der Waals surface area contributed by atoms with Crippen molar-refractivity contribution < 1.29 is 14.7 Å². The second kappa shape index (κ2) is 5.72. The van der Waals surface area contributed by atoms with Crippen LogP contribution in [0.3, 0.4) is 0 Å². The summed E-state index contributed by atoms with van der Waals surface area (Å²) in [6.07, 6.45) is 5.92. The van der Waals surface area contributed by atoms with E-state index < -0.39 is 11.4 Å². The lowest BCUT2D eigenvalue weighted by Crippen LogP contribution is -2.48. The molecule has 18 heavy (non-hydrogen) atoms. The molecule has 1 saturated carbocycles. The Labute approximate surface area is 109 Å². The second-order valence-corrected chi connectivity index (χ2v) is 6.58. The van der Waals surface area contributed by atoms with Crippen LogP contribution in [0.4, 0.5) is 0 Å². The molecule has 1 amide bonds. The minimum absolute atomic E-state index is 0.0225. The molecule has 0 saturated heterocycles. The molecule has 0 spiro atoms. The van der Waals surface area contributed by atoms with Crippen LogP contribution in [-0.2, 0) is 9.59 Å². The van der Waals surface area contributed by atoms with Crippen molar-refractivity contribution in [3.05, 3.63) is 0 Å². The van der Waals surface area contributed by atoms with Gasteiger partial charge in [-0.3, -0.25) is 9.59 Å². The Bertz CT molecular complexity index is 317. The zero-order valence-corrected chi connectivity index (χ0v) is 11.7. The number of rotatable bonds is 5. The first kappa shape index (κ1) is 15.0. The fraction of sp³-hybridized carbons (Fsp3) is 0.857. The van der Waals surface area contributed by atoms with E-state index in [1.165, 1.54) is 6.42 Å². The molecule has 1 aliphatic rings. The summed E-state index contributed by atoms with van der Waals surface area (Å²) >= 11 is 0. The quantitative estimate of drug-likeness (QED) is 0.793. The molecular formula is C14H25NO3. The molecule has 1 fully saturated rings. The van der Waals surface area contributed by atoms with Gasteiger partial charge in [-0.1, -0.05) is 33.1 Å². The summed E-state index contributed by atoms with van der Waals surface area (Å²) in [6.45, 7) is 5.74. The molecule has 0 unspecified atom stereocenters. The Morgan fingerprint density at radius 2 is 1.72 bits per heavy atom. The number of carbonyl (C=O) groups excluding carboxylic acids is 1. The summed E-state index contributed by atoms with van der Waals surface area (Å²) in [5.74, 6) is -0.873. The van der Waals surface area contributed by atoms with Gasteiger partial charge in [-0.15, -0.1) is 0 Å². The highest BCUT2D eigenvalue weighted by Gasteiger charge is 2.31. The Morgan fingerprint density at radius 3 is 2.22 bits per heavy atom. The van der Waals surface area contributed by atoms with Gasteiger partial charge in [0.25, 0.3) is 0 Å². The number of hydrogen-bond donors (Lipinski definition) is 2. The van der Waals surface area contributed by atoms with E-state index in [9.17, 15) is 9.59 Å². The molecule has 0 atom stereocenters. The van der Waals surface area contributed by atoms with Gasteiger partial charge in [0.2, 0.25) is 5.91 Å². The van der Waals surface area contributed by atoms with Gasteiger partial charge < -0.3 is 10.4 Å². The molecular weight excluding hydrogens is 230 g/mol. The van der Waals surface area contributed by atoms with Crippen LogP contribution < -0.4 is 5.32 Å². The molecule has 0 aromatic carbocycles. The Hall–Kier alpha value is -1.06. The molecule has 0 aromatic heterocycles. The standard InChI is InChI=1S/C14H25NO3/c1-13(2,10-12(17)18)9-11(16)15-14(3)7-5-4-6-8-14/h4-10H2,1-3H3,(H,15,16)(H,17,18). The van der Waals surface area contributed by atoms with Gasteiger partial charge >= 0.3 is 5.97 Å². The maximum Gasteiger partial charge on any atom is 0.303 e. The Balaban J connectivity index is 2.47. The van der Waals surface area contributed by atoms with E-state index in [4.69, 9.17) is 5.11 Å². The van der Waals surface area contributed by atoms with Crippen LogP contribution >= 0.6 is 0 Å². The van der Waals surface area contributed by atoms with Crippen molar-refractivity contribution in [2.75, 3.05) is 0 Å². The lowest BCUT2D eigenvalue weighted by molar-refractivity contribution is -0.139. The van der Waals surface area contributed by atoms with Gasteiger partial charge in [-0.05, 0) is 25.2 Å². The van der Waals surface area contributed by atoms with E-state index in [0.717, 1.165) is 25.7 Å². The molecule has 0 heterocycles. The summed E-state index contributed by atoms with van der Waals surface area (Å²) in [7, 11) is 0. The molecule has 2 N–H and O–H groups in total. The zero-order chi connectivity index (χ0) is 13.8. The van der Waals surface area contributed by atoms with Crippen LogP contribution in [-0.4, -0.2) is 22.5 Å². The fourth-order valence-corrected chi connectivity index (χ4v) is 2.74. The monoisotopic (exact) mass is 255 g/mol. The van der Waals surface area contributed by atoms with E-state index in [1.807, 2.05) is 13.8 Å². The average Bonchev–Trinajstić information content (AvgIpc) is 2.13. The van der Waals surface area contributed by atoms with Crippen LogP contribution in [0.1, 0.15) is 65.7 Å². The molecule has 104 valence electrons. The summed E-state index contributed by atoms with van der Waals surface area (Å²) in [6, 6.07) is 0. The highest BCUT2D eigenvalue weighted by molar-refractivity contribution is 5.78. The van der Waals surface area contributed by atoms with Crippen LogP contribution in [0.5, 0.6) is 0 Å². The molecule has 0 aromatic rings. The number of carbonyl (C=O) groups is 2. The van der Waals surface area contributed by atoms with Crippen molar-refractivity contribution in [3.63, 3.8) is 0 Å². The predicted molar refractivity (Wildman–Crippen MR) is 70.3 cm³/mol. The highest BCUT2D eigenvalue weighted by atomic mass is 16.4. The van der Waals surface area contributed by atoms with Gasteiger partial charge in [0.1, 0.15) is 0 Å². The maximum absolute atomic E-state index is 12.0. The van der Waals surface area contributed by atoms with Crippen molar-refractivity contribution in [1.82, 2.24) is 5.32 Å². The second-order valence-electron chi connectivity index (χ2n) is 6.58. The zero-order valence-electron chi connectivity index (χ0n) is 11.7. The molecule has 1 rings (SSSR count). The summed E-state index contributed by atoms with van der Waals surface area (Å²) in [4.78, 5) is 22.7. The van der Waals surface area contributed by atoms with Gasteiger partial charge in [-0.25, -0.2) is 0 Å². The van der Waals surface area contributed by atoms with Gasteiger partial charge in [0, 0.05) is 12.0 Å². The third-order valence-electron chi connectivity index (χ3n) is 3.67. The highest BCUT2D eigenvalue weighted by Crippen LogP contribution is 2.29. The van der Waals surface area contributed by atoms with Gasteiger partial charge in [0.15, 0.2) is 0 Å². The van der Waals surface area contributed by atoms with Crippen molar-refractivity contribution in [3.8, 4) is 0 Å². The normalized spacial score (nSPS) is 19.3. The molecule has 4 heteroatoms. The number of carboxylic acid groups (broad SMARTS) is 1. The van der Waals surface area contributed by atoms with Gasteiger partial charge in [0.05, 0.1) is 6.42 Å². The Morgan fingerprint density at radius 1 is 1.17 bits per heavy atom. The fourth-order valence-electron chi connectivity index (χ4n) is 2.74. The predicted octanol–water partition coefficient (Wildman–Crippen LogP) is 2.72. The van der Waals surface area contributed by atoms with Crippen molar-refractivity contribution in [2.45, 2.75) is 71.3 Å². The maximum atomic E-state index is 12.0. The number of hydrogen-bond acceptors (Lipinski definition) is 2. The van der Waals surface area contributed by atoms with Crippen LogP contribution in [0.15, 0.2) is 0 Å². The van der Waals surface area contributed by atoms with E-state index in [0.29, 0.717) is 0 Å². The number of carboxylic acids is 1. The van der Waals surface area contributed by atoms with E-state index in [1.54, 1.807) is 0 Å². The summed E-state index contributed by atoms with van der Waals surface area (Å²) in [5, 5.41) is 11.9. The SMILES string of the molecule is CC(C)(CC(=O)O)CC(=O)NC1(C)CCCCC1. The Kier molecular flexibility index (Phi) is 4.77. The van der Waals surface area contributed by atoms with Crippen LogP contribution in [0.25, 0.3) is 0 Å². The third kappa shape index (κ3) is 5.07. The first-order valence-corrected chi connectivity index (χ1v) is 6.75. The topological polar surface area (TPSA) is 66.4 Å². The minimum Gasteiger partial charge on any atom is -0.481 e. The largest absolute Gasteiger partial charge is 0.481 e. The van der Waals surface area contributed by atoms with Crippen molar-refractivity contribution in [1.29, 1.82) is 0 Å². The van der Waals surface area contributed by atoms with E-state index in [-0.39, 0.29) is 24.3 Å². The summed E-state index contributed by atoms with van der Waals surface area (Å²) < 4.78 is 0. The molecule has 1 aliphatic carbocycles. The minimum atomic E-state index is -0.850. The third-order valence-corrected chi connectivity index (χ3v) is 3.67. The van der Waals surface area contributed by atoms with Crippen LogP contribution in [0, 0.1) is 5.41 Å². The lowest BCUT2D eigenvalue weighted by atomic mass is 9.81. The molecule has 0 radical (unpaired) electrons. The molecule has 0 aliphatic heterocycles. The molecule has 0 bridgehead atoms. The summed E-state index contributed by atoms with van der Waals surface area (Å²) in [5.41, 5.74) is -0.574. The van der Waals surface area contributed by atoms with Gasteiger partial charge in [-0.2, -0.15) is 0 Å². The first-order chi connectivity index (χ1) is 8.22. The van der Waals surface area contributed by atoms with E-state index in [2.05, 4.69) is 12.2 Å². The van der Waals surface area contributed by atoms with E-state index >= 15 is 0 Å². The lowest BCUT2D eigenvalue weighted by Gasteiger charge is -2.35. The first-order valence-electron chi connectivity index (χ1n) is 6.75. The average molecular weight is 255 g/mol. The molecule has 4 nitrogen and oxygen atoms in total. The van der Waals surface area contributed by atoms with Crippen molar-refractivity contribution in [2.24, 2.45) is 5.41 Å². The van der Waals surface area contributed by atoms with Crippen molar-refractivity contribution >= 4 is 11.9 Å². The number of nitrogens with one attached hydrogen (secondary N) is 1. The van der Waals surface area contributed by atoms with Crippen LogP contribution in [0.2, 0.25) is 0 Å². The smallest absolute Gasteiger partial charge is 0.303 e. The number of amides is 1. The number of aliphatic carboxylic acids is 1.